The predicted octanol–water partition coefficient (Wildman–Crippen LogP) is 4.89. The average Bonchev–Trinajstić information content (AvgIpc) is 3.31. The second kappa shape index (κ2) is 10.2. The quantitative estimate of drug-likeness (QED) is 0.673. The lowest BCUT2D eigenvalue weighted by atomic mass is 10.0. The van der Waals surface area contributed by atoms with E-state index in [2.05, 4.69) is 10.2 Å². The van der Waals surface area contributed by atoms with Crippen molar-refractivity contribution in [2.45, 2.75) is 52.1 Å². The summed E-state index contributed by atoms with van der Waals surface area (Å²) >= 11 is 0. The highest BCUT2D eigenvalue weighted by molar-refractivity contribution is 6.05. The van der Waals surface area contributed by atoms with Crippen LogP contribution in [0.5, 0.6) is 0 Å². The van der Waals surface area contributed by atoms with Crippen molar-refractivity contribution >= 4 is 17.5 Å². The van der Waals surface area contributed by atoms with Crippen LogP contribution in [-0.4, -0.2) is 47.3 Å². The van der Waals surface area contributed by atoms with Crippen LogP contribution >= 0.6 is 0 Å². The SMILES string of the molecule is Cc1c(CN2CCN(C(=O)C3CCCC3)[C@@H](C)C2)cc(F)cc1NC(=O)c1c(F)cccc1F. The molecule has 0 spiro atoms. The minimum atomic E-state index is -0.981. The second-order valence-corrected chi connectivity index (χ2v) is 9.39. The van der Waals surface area contributed by atoms with E-state index in [1.165, 1.54) is 12.1 Å². The summed E-state index contributed by atoms with van der Waals surface area (Å²) in [6, 6.07) is 5.79. The van der Waals surface area contributed by atoms with Crippen molar-refractivity contribution in [1.29, 1.82) is 0 Å². The van der Waals surface area contributed by atoms with Crippen molar-refractivity contribution in [3.8, 4) is 0 Å². The van der Waals surface area contributed by atoms with Crippen LogP contribution in [-0.2, 0) is 11.3 Å². The standard InChI is InChI=1S/C26H30F3N3O2/c1-16-14-31(10-11-32(16)26(34)18-6-3-4-7-18)15-19-12-20(27)13-23(17(19)2)30-25(33)24-21(28)8-5-9-22(24)29/h5,8-9,12-13,16,18H,3-4,6-7,10-11,14-15H2,1-2H3,(H,30,33)/t16-/m0/s1. The molecule has 1 aliphatic carbocycles. The lowest BCUT2D eigenvalue weighted by Gasteiger charge is -2.41. The first-order valence-electron chi connectivity index (χ1n) is 11.8. The summed E-state index contributed by atoms with van der Waals surface area (Å²) in [6.45, 7) is 6.17. The van der Waals surface area contributed by atoms with Crippen LogP contribution in [0.4, 0.5) is 18.9 Å². The van der Waals surface area contributed by atoms with Gasteiger partial charge in [0.05, 0.1) is 0 Å². The van der Waals surface area contributed by atoms with Gasteiger partial charge in [-0.05, 0) is 62.1 Å². The molecule has 182 valence electrons. The van der Waals surface area contributed by atoms with Crippen molar-refractivity contribution in [3.05, 3.63) is 64.5 Å². The third-order valence-electron chi connectivity index (χ3n) is 7.01. The molecule has 5 nitrogen and oxygen atoms in total. The Morgan fingerprint density at radius 3 is 2.38 bits per heavy atom. The summed E-state index contributed by atoms with van der Waals surface area (Å²) < 4.78 is 42.4. The number of nitrogens with zero attached hydrogens (tertiary/aromatic N) is 2. The number of hydrogen-bond acceptors (Lipinski definition) is 3. The highest BCUT2D eigenvalue weighted by atomic mass is 19.1. The second-order valence-electron chi connectivity index (χ2n) is 9.39. The van der Waals surface area contributed by atoms with Gasteiger partial charge in [0.15, 0.2) is 0 Å². The van der Waals surface area contributed by atoms with Gasteiger partial charge in [0.2, 0.25) is 5.91 Å². The molecule has 1 N–H and O–H groups in total. The molecule has 2 aromatic carbocycles. The van der Waals surface area contributed by atoms with Gasteiger partial charge in [0, 0.05) is 43.8 Å². The minimum absolute atomic E-state index is 0.0546. The van der Waals surface area contributed by atoms with Gasteiger partial charge in [-0.2, -0.15) is 0 Å². The molecule has 0 aromatic heterocycles. The summed E-state index contributed by atoms with van der Waals surface area (Å²) in [5.74, 6) is -3.09. The Hall–Kier alpha value is -2.87. The van der Waals surface area contributed by atoms with Gasteiger partial charge in [-0.15, -0.1) is 0 Å². The number of carbonyl (C=O) groups is 2. The van der Waals surface area contributed by atoms with Gasteiger partial charge in [-0.1, -0.05) is 18.9 Å². The van der Waals surface area contributed by atoms with Gasteiger partial charge in [-0.25, -0.2) is 13.2 Å². The maximum absolute atomic E-state index is 14.4. The van der Waals surface area contributed by atoms with Crippen LogP contribution in [0.3, 0.4) is 0 Å². The molecule has 34 heavy (non-hydrogen) atoms. The van der Waals surface area contributed by atoms with E-state index >= 15 is 0 Å². The van der Waals surface area contributed by atoms with E-state index in [0.717, 1.165) is 43.9 Å². The van der Waals surface area contributed by atoms with Crippen LogP contribution in [0.2, 0.25) is 0 Å². The highest BCUT2D eigenvalue weighted by Crippen LogP contribution is 2.29. The Bertz CT molecular complexity index is 1060. The number of piperazine rings is 1. The maximum atomic E-state index is 14.4. The Kier molecular flexibility index (Phi) is 7.26. The van der Waals surface area contributed by atoms with Gasteiger partial charge < -0.3 is 10.2 Å². The molecule has 1 aliphatic heterocycles. The molecule has 1 heterocycles. The third kappa shape index (κ3) is 5.12. The van der Waals surface area contributed by atoms with Gasteiger partial charge in [-0.3, -0.25) is 14.5 Å². The number of hydrogen-bond donors (Lipinski definition) is 1. The third-order valence-corrected chi connectivity index (χ3v) is 7.01. The van der Waals surface area contributed by atoms with Crippen molar-refractivity contribution in [2.75, 3.05) is 25.0 Å². The van der Waals surface area contributed by atoms with E-state index in [-0.39, 0.29) is 23.6 Å². The monoisotopic (exact) mass is 473 g/mol. The smallest absolute Gasteiger partial charge is 0.261 e. The van der Waals surface area contributed by atoms with Crippen LogP contribution in [0.25, 0.3) is 0 Å². The fourth-order valence-corrected chi connectivity index (χ4v) is 5.08. The largest absolute Gasteiger partial charge is 0.337 e. The lowest BCUT2D eigenvalue weighted by Crippen LogP contribution is -2.54. The van der Waals surface area contributed by atoms with Crippen molar-refractivity contribution in [3.63, 3.8) is 0 Å². The number of rotatable bonds is 5. The van der Waals surface area contributed by atoms with E-state index < -0.39 is 28.9 Å². The number of carbonyl (C=O) groups excluding carboxylic acids is 2. The molecule has 4 rings (SSSR count). The summed E-state index contributed by atoms with van der Waals surface area (Å²) in [7, 11) is 0. The maximum Gasteiger partial charge on any atom is 0.261 e. The first kappa shape index (κ1) is 24.3. The molecular weight excluding hydrogens is 443 g/mol. The fourth-order valence-electron chi connectivity index (χ4n) is 5.08. The minimum Gasteiger partial charge on any atom is -0.337 e. The molecule has 0 radical (unpaired) electrons. The Labute approximate surface area is 197 Å². The Balaban J connectivity index is 1.45. The van der Waals surface area contributed by atoms with Crippen LogP contribution in [0.15, 0.2) is 30.3 Å². The van der Waals surface area contributed by atoms with E-state index in [9.17, 15) is 22.8 Å². The number of halogens is 3. The zero-order valence-electron chi connectivity index (χ0n) is 19.5. The van der Waals surface area contributed by atoms with E-state index in [4.69, 9.17) is 0 Å². The van der Waals surface area contributed by atoms with Gasteiger partial charge in [0.1, 0.15) is 23.0 Å². The van der Waals surface area contributed by atoms with Gasteiger partial charge in [0.25, 0.3) is 5.91 Å². The molecule has 2 amide bonds. The van der Waals surface area contributed by atoms with E-state index in [1.807, 2.05) is 11.8 Å². The molecule has 2 aromatic rings. The summed E-state index contributed by atoms with van der Waals surface area (Å²) in [5.41, 5.74) is 0.769. The number of nitrogens with one attached hydrogen (secondary N) is 1. The van der Waals surface area contributed by atoms with E-state index in [1.54, 1.807) is 6.92 Å². The molecule has 0 unspecified atom stereocenters. The first-order chi connectivity index (χ1) is 16.2. The normalized spacial score (nSPS) is 19.4. The molecule has 2 aliphatic rings. The summed E-state index contributed by atoms with van der Waals surface area (Å²) in [5, 5.41) is 2.46. The molecular formula is C26H30F3N3O2. The van der Waals surface area contributed by atoms with Crippen LogP contribution < -0.4 is 5.32 Å². The zero-order valence-corrected chi connectivity index (χ0v) is 19.5. The summed E-state index contributed by atoms with van der Waals surface area (Å²) in [4.78, 5) is 29.5. The van der Waals surface area contributed by atoms with Crippen molar-refractivity contribution in [1.82, 2.24) is 9.80 Å². The van der Waals surface area contributed by atoms with Gasteiger partial charge >= 0.3 is 0 Å². The Morgan fingerprint density at radius 2 is 1.74 bits per heavy atom. The molecule has 2 fully saturated rings. The van der Waals surface area contributed by atoms with Crippen LogP contribution in [0, 0.1) is 30.3 Å². The molecule has 0 bridgehead atoms. The number of anilines is 1. The number of amides is 2. The lowest BCUT2D eigenvalue weighted by molar-refractivity contribution is -0.140. The topological polar surface area (TPSA) is 52.6 Å². The predicted molar refractivity (Wildman–Crippen MR) is 124 cm³/mol. The fraction of sp³-hybridized carbons (Fsp3) is 0.462. The number of benzene rings is 2. The summed E-state index contributed by atoms with van der Waals surface area (Å²) in [6.07, 6.45) is 4.18. The highest BCUT2D eigenvalue weighted by Gasteiger charge is 2.33. The molecule has 1 atom stereocenters. The first-order valence-corrected chi connectivity index (χ1v) is 11.8. The average molecular weight is 474 g/mol. The Morgan fingerprint density at radius 1 is 1.06 bits per heavy atom. The van der Waals surface area contributed by atoms with Crippen LogP contribution in [0.1, 0.15) is 54.1 Å². The van der Waals surface area contributed by atoms with Crippen molar-refractivity contribution < 1.29 is 22.8 Å². The molecule has 8 heteroatoms. The zero-order chi connectivity index (χ0) is 24.4. The molecule has 1 saturated carbocycles. The molecule has 1 saturated heterocycles. The van der Waals surface area contributed by atoms with E-state index in [0.29, 0.717) is 37.3 Å². The van der Waals surface area contributed by atoms with Crippen molar-refractivity contribution in [2.24, 2.45) is 5.92 Å².